The maximum atomic E-state index is 6.07. The molecule has 4 heteroatoms. The zero-order chi connectivity index (χ0) is 12.8. The van der Waals surface area contributed by atoms with E-state index in [-0.39, 0.29) is 12.1 Å². The monoisotopic (exact) mass is 251 g/mol. The van der Waals surface area contributed by atoms with Crippen LogP contribution in [0.3, 0.4) is 0 Å². The predicted molar refractivity (Wildman–Crippen MR) is 69.7 cm³/mol. The summed E-state index contributed by atoms with van der Waals surface area (Å²) in [5, 5.41) is 0. The second-order valence-corrected chi connectivity index (χ2v) is 4.52. The third-order valence-corrected chi connectivity index (χ3v) is 2.90. The summed E-state index contributed by atoms with van der Waals surface area (Å²) < 4.78 is 16.2. The van der Waals surface area contributed by atoms with Gasteiger partial charge in [0.05, 0.1) is 32.5 Å². The Hall–Kier alpha value is -1.10. The molecule has 0 aliphatic carbocycles. The van der Waals surface area contributed by atoms with Gasteiger partial charge in [-0.1, -0.05) is 19.1 Å². The van der Waals surface area contributed by atoms with Crippen molar-refractivity contribution in [2.75, 3.05) is 26.4 Å². The van der Waals surface area contributed by atoms with Crippen molar-refractivity contribution in [1.29, 1.82) is 0 Å². The number of hydrogen-bond donors (Lipinski definition) is 1. The molecule has 1 aromatic carbocycles. The van der Waals surface area contributed by atoms with E-state index in [1.165, 1.54) is 0 Å². The smallest absolute Gasteiger partial charge is 0.119 e. The highest BCUT2D eigenvalue weighted by Gasteiger charge is 2.20. The molecule has 1 fully saturated rings. The van der Waals surface area contributed by atoms with Crippen LogP contribution in [0, 0.1) is 0 Å². The van der Waals surface area contributed by atoms with Crippen molar-refractivity contribution < 1.29 is 14.2 Å². The van der Waals surface area contributed by atoms with Crippen LogP contribution in [-0.2, 0) is 9.47 Å². The van der Waals surface area contributed by atoms with E-state index < -0.39 is 0 Å². The van der Waals surface area contributed by atoms with Crippen molar-refractivity contribution >= 4 is 0 Å². The van der Waals surface area contributed by atoms with Gasteiger partial charge in [0, 0.05) is 0 Å². The molecule has 1 unspecified atom stereocenters. The minimum atomic E-state index is -0.0918. The van der Waals surface area contributed by atoms with Crippen molar-refractivity contribution in [2.24, 2.45) is 5.73 Å². The highest BCUT2D eigenvalue weighted by atomic mass is 16.6. The Morgan fingerprint density at radius 1 is 1.33 bits per heavy atom. The Kier molecular flexibility index (Phi) is 4.99. The molecule has 1 aliphatic heterocycles. The molecule has 18 heavy (non-hydrogen) atoms. The Balaban J connectivity index is 1.79. The average molecular weight is 251 g/mol. The van der Waals surface area contributed by atoms with E-state index in [2.05, 4.69) is 6.92 Å². The van der Waals surface area contributed by atoms with Gasteiger partial charge < -0.3 is 19.9 Å². The lowest BCUT2D eigenvalue weighted by Gasteiger charge is -2.27. The van der Waals surface area contributed by atoms with Crippen molar-refractivity contribution in [3.8, 4) is 5.75 Å². The van der Waals surface area contributed by atoms with Gasteiger partial charge in [0.1, 0.15) is 11.9 Å². The summed E-state index contributed by atoms with van der Waals surface area (Å²) in [7, 11) is 0. The summed E-state index contributed by atoms with van der Waals surface area (Å²) in [6, 6.07) is 7.81. The number of nitrogens with two attached hydrogens (primary N) is 1. The van der Waals surface area contributed by atoms with Crippen molar-refractivity contribution in [3.63, 3.8) is 0 Å². The first kappa shape index (κ1) is 13.3. The van der Waals surface area contributed by atoms with Crippen LogP contribution >= 0.6 is 0 Å². The fourth-order valence-corrected chi connectivity index (χ4v) is 1.68. The molecular weight excluding hydrogens is 230 g/mol. The molecule has 2 N–H and O–H groups in total. The van der Waals surface area contributed by atoms with Gasteiger partial charge in [-0.15, -0.1) is 0 Å². The van der Waals surface area contributed by atoms with E-state index in [0.717, 1.165) is 24.3 Å². The van der Waals surface area contributed by atoms with E-state index in [1.807, 2.05) is 24.3 Å². The molecule has 1 aliphatic rings. The zero-order valence-electron chi connectivity index (χ0n) is 10.8. The van der Waals surface area contributed by atoms with Crippen LogP contribution in [0.25, 0.3) is 0 Å². The normalized spacial score (nSPS) is 17.2. The second-order valence-electron chi connectivity index (χ2n) is 4.52. The van der Waals surface area contributed by atoms with Crippen LogP contribution in [0.1, 0.15) is 24.9 Å². The van der Waals surface area contributed by atoms with Gasteiger partial charge in [-0.25, -0.2) is 0 Å². The lowest BCUT2D eigenvalue weighted by Crippen LogP contribution is -2.37. The van der Waals surface area contributed by atoms with Gasteiger partial charge >= 0.3 is 0 Å². The van der Waals surface area contributed by atoms with Gasteiger partial charge in [-0.3, -0.25) is 0 Å². The summed E-state index contributed by atoms with van der Waals surface area (Å²) >= 11 is 0. The van der Waals surface area contributed by atoms with Crippen molar-refractivity contribution in [3.05, 3.63) is 29.8 Å². The molecule has 1 heterocycles. The van der Waals surface area contributed by atoms with E-state index in [9.17, 15) is 0 Å². The van der Waals surface area contributed by atoms with Crippen molar-refractivity contribution in [2.45, 2.75) is 25.5 Å². The molecule has 100 valence electrons. The van der Waals surface area contributed by atoms with Crippen LogP contribution < -0.4 is 10.5 Å². The summed E-state index contributed by atoms with van der Waals surface area (Å²) in [4.78, 5) is 0. The third kappa shape index (κ3) is 3.70. The largest absolute Gasteiger partial charge is 0.494 e. The zero-order valence-corrected chi connectivity index (χ0v) is 10.8. The summed E-state index contributed by atoms with van der Waals surface area (Å²) in [5.74, 6) is 0.890. The molecule has 0 radical (unpaired) electrons. The molecule has 1 aromatic rings. The maximum absolute atomic E-state index is 6.07. The highest BCUT2D eigenvalue weighted by Crippen LogP contribution is 2.18. The molecule has 4 nitrogen and oxygen atoms in total. The minimum Gasteiger partial charge on any atom is -0.494 e. The predicted octanol–water partition coefficient (Wildman–Crippen LogP) is 1.89. The first-order valence-corrected chi connectivity index (χ1v) is 6.47. The lowest BCUT2D eigenvalue weighted by atomic mass is 10.1. The molecule has 0 amide bonds. The van der Waals surface area contributed by atoms with Crippen LogP contribution in [0.2, 0.25) is 0 Å². The highest BCUT2D eigenvalue weighted by molar-refractivity contribution is 5.29. The van der Waals surface area contributed by atoms with E-state index in [1.54, 1.807) is 0 Å². The molecular formula is C14H21NO3. The molecule has 2 rings (SSSR count). The topological polar surface area (TPSA) is 53.7 Å². The van der Waals surface area contributed by atoms with Crippen LogP contribution in [0.5, 0.6) is 5.75 Å². The molecule has 1 saturated heterocycles. The lowest BCUT2D eigenvalue weighted by molar-refractivity contribution is -0.131. The Labute approximate surface area is 108 Å². The first-order valence-electron chi connectivity index (χ1n) is 6.47. The number of hydrogen-bond acceptors (Lipinski definition) is 4. The van der Waals surface area contributed by atoms with E-state index in [0.29, 0.717) is 19.8 Å². The number of ether oxygens (including phenoxy) is 3. The maximum Gasteiger partial charge on any atom is 0.119 e. The van der Waals surface area contributed by atoms with E-state index >= 15 is 0 Å². The minimum absolute atomic E-state index is 0.0918. The SMILES string of the molecule is CCCOc1ccc(C(N)COC2COC2)cc1. The fraction of sp³-hybridized carbons (Fsp3) is 0.571. The average Bonchev–Trinajstić information content (AvgIpc) is 2.35. The second kappa shape index (κ2) is 6.73. The summed E-state index contributed by atoms with van der Waals surface area (Å²) in [6.07, 6.45) is 1.24. The van der Waals surface area contributed by atoms with E-state index in [4.69, 9.17) is 19.9 Å². The third-order valence-electron chi connectivity index (χ3n) is 2.90. The Bertz CT molecular complexity index is 349. The quantitative estimate of drug-likeness (QED) is 0.804. The van der Waals surface area contributed by atoms with Crippen molar-refractivity contribution in [1.82, 2.24) is 0 Å². The van der Waals surface area contributed by atoms with Crippen LogP contribution in [0.4, 0.5) is 0 Å². The van der Waals surface area contributed by atoms with Gasteiger partial charge in [-0.05, 0) is 24.1 Å². The van der Waals surface area contributed by atoms with Gasteiger partial charge in [0.25, 0.3) is 0 Å². The molecule has 1 atom stereocenters. The fourth-order valence-electron chi connectivity index (χ4n) is 1.68. The first-order chi connectivity index (χ1) is 8.79. The Morgan fingerprint density at radius 3 is 2.61 bits per heavy atom. The van der Waals surface area contributed by atoms with Crippen LogP contribution in [-0.4, -0.2) is 32.5 Å². The standard InChI is InChI=1S/C14H21NO3/c1-2-7-17-12-5-3-11(4-6-12)14(15)10-18-13-8-16-9-13/h3-6,13-14H,2,7-10,15H2,1H3. The van der Waals surface area contributed by atoms with Gasteiger partial charge in [-0.2, -0.15) is 0 Å². The Morgan fingerprint density at radius 2 is 2.06 bits per heavy atom. The number of benzene rings is 1. The molecule has 0 aromatic heterocycles. The summed E-state index contributed by atoms with van der Waals surface area (Å²) in [5.41, 5.74) is 7.13. The van der Waals surface area contributed by atoms with Crippen LogP contribution in [0.15, 0.2) is 24.3 Å². The molecule has 0 bridgehead atoms. The van der Waals surface area contributed by atoms with Gasteiger partial charge in [0.2, 0.25) is 0 Å². The molecule has 0 saturated carbocycles. The number of rotatable bonds is 7. The summed E-state index contributed by atoms with van der Waals surface area (Å²) in [6.45, 7) is 4.75. The van der Waals surface area contributed by atoms with Gasteiger partial charge in [0.15, 0.2) is 0 Å². The molecule has 0 spiro atoms.